The molecular weight excluding hydrogens is 671 g/mol. The van der Waals surface area contributed by atoms with Crippen molar-refractivity contribution in [1.29, 1.82) is 10.5 Å². The van der Waals surface area contributed by atoms with E-state index in [1.54, 1.807) is 0 Å². The third kappa shape index (κ3) is 4.45. The highest BCUT2D eigenvalue weighted by Crippen LogP contribution is 2.40. The fourth-order valence-electron chi connectivity index (χ4n) is 8.73. The molecule has 0 amide bonds. The number of fused-ring (bicyclic) bond motifs is 9. The van der Waals surface area contributed by atoms with E-state index in [0.29, 0.717) is 22.5 Å². The maximum Gasteiger partial charge on any atom is 0.101 e. The third-order valence-electron chi connectivity index (χ3n) is 11.1. The van der Waals surface area contributed by atoms with Crippen LogP contribution in [-0.2, 0) is 0 Å². The molecule has 0 aliphatic heterocycles. The van der Waals surface area contributed by atoms with Crippen molar-refractivity contribution in [3.63, 3.8) is 0 Å². The molecule has 0 aliphatic carbocycles. The minimum Gasteiger partial charge on any atom is -0.309 e. The fourth-order valence-corrected chi connectivity index (χ4v) is 8.73. The Morgan fingerprint density at radius 2 is 0.709 bits per heavy atom. The number of rotatable bonds is 4. The van der Waals surface area contributed by atoms with Crippen molar-refractivity contribution in [2.24, 2.45) is 0 Å². The Bertz CT molecular complexity index is 3400. The summed E-state index contributed by atoms with van der Waals surface area (Å²) < 4.78 is 6.60. The van der Waals surface area contributed by atoms with Crippen LogP contribution in [0.4, 0.5) is 0 Å². The van der Waals surface area contributed by atoms with Gasteiger partial charge in [0, 0.05) is 38.0 Å². The minimum absolute atomic E-state index is 0.488. The van der Waals surface area contributed by atoms with Gasteiger partial charge in [-0.05, 0) is 77.9 Å². The summed E-state index contributed by atoms with van der Waals surface area (Å²) in [5.41, 5.74) is 11.9. The standard InChI is InChI=1S/C50H29N5/c51-30-34-29-49(35(31-52)28-48(34)54-44-19-9-5-14-37(44)38-15-6-10-20-45(38)54)55-46-21-11-7-17-40(46)42-26-32(23-25-47(42)55)33-22-24-41-39-16-4-8-18-43(39)53(50(41)27-33)36-12-2-1-3-13-36/h1-29H. The zero-order chi connectivity index (χ0) is 36.6. The molecule has 3 heterocycles. The maximum atomic E-state index is 10.8. The molecule has 55 heavy (non-hydrogen) atoms. The van der Waals surface area contributed by atoms with Crippen LogP contribution in [0.1, 0.15) is 11.1 Å². The van der Waals surface area contributed by atoms with Crippen molar-refractivity contribution >= 4 is 65.4 Å². The Kier molecular flexibility index (Phi) is 6.61. The second-order valence-corrected chi connectivity index (χ2v) is 14.0. The van der Waals surface area contributed by atoms with Gasteiger partial charge in [-0.3, -0.25) is 0 Å². The van der Waals surface area contributed by atoms with Crippen molar-refractivity contribution < 1.29 is 0 Å². The van der Waals surface area contributed by atoms with E-state index in [9.17, 15) is 10.5 Å². The first-order valence-electron chi connectivity index (χ1n) is 18.3. The normalized spacial score (nSPS) is 11.6. The molecule has 0 spiro atoms. The first kappa shape index (κ1) is 30.7. The highest BCUT2D eigenvalue weighted by molar-refractivity contribution is 6.13. The van der Waals surface area contributed by atoms with Gasteiger partial charge < -0.3 is 13.7 Å². The highest BCUT2D eigenvalue weighted by atomic mass is 15.0. The lowest BCUT2D eigenvalue weighted by Gasteiger charge is -2.15. The van der Waals surface area contributed by atoms with E-state index in [1.165, 1.54) is 16.3 Å². The summed E-state index contributed by atoms with van der Waals surface area (Å²) in [7, 11) is 0. The summed E-state index contributed by atoms with van der Waals surface area (Å²) in [4.78, 5) is 0. The Morgan fingerprint density at radius 3 is 1.24 bits per heavy atom. The Balaban J connectivity index is 1.12. The van der Waals surface area contributed by atoms with Crippen LogP contribution in [0.2, 0.25) is 0 Å². The van der Waals surface area contributed by atoms with Gasteiger partial charge in [0.1, 0.15) is 12.1 Å². The van der Waals surface area contributed by atoms with Gasteiger partial charge in [-0.25, -0.2) is 0 Å². The van der Waals surface area contributed by atoms with E-state index in [4.69, 9.17) is 0 Å². The van der Waals surface area contributed by atoms with Gasteiger partial charge in [0.25, 0.3) is 0 Å². The summed E-state index contributed by atoms with van der Waals surface area (Å²) in [6.45, 7) is 0. The number of nitrogens with zero attached hydrogens (tertiary/aromatic N) is 5. The monoisotopic (exact) mass is 699 g/mol. The lowest BCUT2D eigenvalue weighted by atomic mass is 10.0. The van der Waals surface area contributed by atoms with Crippen LogP contribution in [0.15, 0.2) is 176 Å². The van der Waals surface area contributed by atoms with Gasteiger partial charge in [-0.1, -0.05) is 109 Å². The molecule has 0 saturated carbocycles. The lowest BCUT2D eigenvalue weighted by molar-refractivity contribution is 1.12. The molecule has 11 aromatic rings. The molecule has 254 valence electrons. The molecule has 0 bridgehead atoms. The van der Waals surface area contributed by atoms with E-state index >= 15 is 0 Å². The molecule has 0 saturated heterocycles. The van der Waals surface area contributed by atoms with Crippen molar-refractivity contribution in [3.8, 4) is 40.3 Å². The number of hydrogen-bond acceptors (Lipinski definition) is 2. The number of para-hydroxylation sites is 5. The zero-order valence-corrected chi connectivity index (χ0v) is 29.5. The molecular formula is C50H29N5. The molecule has 0 fully saturated rings. The van der Waals surface area contributed by atoms with Gasteiger partial charge in [-0.15, -0.1) is 0 Å². The van der Waals surface area contributed by atoms with Crippen LogP contribution in [0.5, 0.6) is 0 Å². The Hall–Kier alpha value is -7.86. The molecule has 0 N–H and O–H groups in total. The first-order chi connectivity index (χ1) is 27.2. The summed E-state index contributed by atoms with van der Waals surface area (Å²) in [6, 6.07) is 65.9. The topological polar surface area (TPSA) is 62.4 Å². The Morgan fingerprint density at radius 1 is 0.309 bits per heavy atom. The van der Waals surface area contributed by atoms with Crippen LogP contribution in [0, 0.1) is 22.7 Å². The first-order valence-corrected chi connectivity index (χ1v) is 18.3. The van der Waals surface area contributed by atoms with E-state index < -0.39 is 0 Å². The molecule has 0 atom stereocenters. The van der Waals surface area contributed by atoms with E-state index in [-0.39, 0.29) is 0 Å². The van der Waals surface area contributed by atoms with Crippen LogP contribution < -0.4 is 0 Å². The average Bonchev–Trinajstić information content (AvgIpc) is 3.88. The predicted molar refractivity (Wildman–Crippen MR) is 224 cm³/mol. The molecule has 0 radical (unpaired) electrons. The number of nitriles is 2. The van der Waals surface area contributed by atoms with Gasteiger partial charge >= 0.3 is 0 Å². The molecule has 5 nitrogen and oxygen atoms in total. The van der Waals surface area contributed by atoms with Crippen LogP contribution in [0.25, 0.3) is 93.6 Å². The van der Waals surface area contributed by atoms with Gasteiger partial charge in [0.05, 0.1) is 55.6 Å². The summed E-state index contributed by atoms with van der Waals surface area (Å²) in [6.07, 6.45) is 0. The second-order valence-electron chi connectivity index (χ2n) is 14.0. The van der Waals surface area contributed by atoms with Crippen LogP contribution in [-0.4, -0.2) is 13.7 Å². The minimum atomic E-state index is 0.488. The average molecular weight is 700 g/mol. The number of hydrogen-bond donors (Lipinski definition) is 0. The number of benzene rings is 8. The van der Waals surface area contributed by atoms with E-state index in [1.807, 2.05) is 42.5 Å². The van der Waals surface area contributed by atoms with Crippen molar-refractivity contribution in [2.45, 2.75) is 0 Å². The highest BCUT2D eigenvalue weighted by Gasteiger charge is 2.21. The van der Waals surface area contributed by atoms with Crippen molar-refractivity contribution in [3.05, 3.63) is 187 Å². The smallest absolute Gasteiger partial charge is 0.101 e. The SMILES string of the molecule is N#Cc1cc(-n2c3ccccc3c3cc(-c4ccc5c6ccccc6n(-c6ccccc6)c5c4)ccc32)c(C#N)cc1-n1c2ccccc2c2ccccc21. The molecule has 5 heteroatoms. The summed E-state index contributed by atoms with van der Waals surface area (Å²) >= 11 is 0. The number of aromatic nitrogens is 3. The van der Waals surface area contributed by atoms with Crippen LogP contribution in [0.3, 0.4) is 0 Å². The fraction of sp³-hybridized carbons (Fsp3) is 0. The molecule has 0 unspecified atom stereocenters. The molecule has 8 aromatic carbocycles. The zero-order valence-electron chi connectivity index (χ0n) is 29.5. The third-order valence-corrected chi connectivity index (χ3v) is 11.1. The predicted octanol–water partition coefficient (Wildman–Crippen LogP) is 12.4. The molecule has 0 aliphatic rings. The maximum absolute atomic E-state index is 10.8. The van der Waals surface area contributed by atoms with E-state index in [0.717, 1.165) is 65.9 Å². The van der Waals surface area contributed by atoms with Gasteiger partial charge in [0.2, 0.25) is 0 Å². The quantitative estimate of drug-likeness (QED) is 0.184. The lowest BCUT2D eigenvalue weighted by Crippen LogP contribution is -2.04. The summed E-state index contributed by atoms with van der Waals surface area (Å²) in [5.74, 6) is 0. The van der Waals surface area contributed by atoms with Crippen molar-refractivity contribution in [1.82, 2.24) is 13.7 Å². The van der Waals surface area contributed by atoms with Crippen molar-refractivity contribution in [2.75, 3.05) is 0 Å². The van der Waals surface area contributed by atoms with Crippen LogP contribution >= 0.6 is 0 Å². The largest absolute Gasteiger partial charge is 0.309 e. The second kappa shape index (κ2) is 11.8. The molecule has 11 rings (SSSR count). The van der Waals surface area contributed by atoms with Gasteiger partial charge in [-0.2, -0.15) is 10.5 Å². The Labute approximate surface area is 316 Å². The summed E-state index contributed by atoms with van der Waals surface area (Å²) in [5, 5.41) is 28.2. The van der Waals surface area contributed by atoms with E-state index in [2.05, 4.69) is 159 Å². The van der Waals surface area contributed by atoms with Gasteiger partial charge in [0.15, 0.2) is 0 Å². The molecule has 3 aromatic heterocycles.